The van der Waals surface area contributed by atoms with Gasteiger partial charge in [0.15, 0.2) is 5.01 Å². The Morgan fingerprint density at radius 2 is 2.21 bits per heavy atom. The molecule has 70 valence electrons. The molecule has 0 saturated heterocycles. The number of halogens is 1. The van der Waals surface area contributed by atoms with Crippen LogP contribution in [-0.2, 0) is 0 Å². The van der Waals surface area contributed by atoms with Crippen molar-refractivity contribution < 1.29 is 4.79 Å². The van der Waals surface area contributed by atoms with Crippen molar-refractivity contribution in [2.24, 2.45) is 0 Å². The highest BCUT2D eigenvalue weighted by atomic mass is 35.5. The molecule has 0 amide bonds. The number of aromatic nitrogens is 2. The molecule has 2 aromatic heterocycles. The third-order valence-electron chi connectivity index (χ3n) is 1.62. The van der Waals surface area contributed by atoms with Crippen LogP contribution in [0.1, 0.15) is 15.4 Å². The first-order valence-electron chi connectivity index (χ1n) is 3.83. The van der Waals surface area contributed by atoms with Crippen LogP contribution < -0.4 is 0 Å². The molecule has 0 aliphatic carbocycles. The van der Waals surface area contributed by atoms with Crippen LogP contribution in [0.2, 0.25) is 5.15 Å². The molecule has 2 rings (SSSR count). The van der Waals surface area contributed by atoms with Crippen molar-refractivity contribution in [3.8, 4) is 0 Å². The van der Waals surface area contributed by atoms with E-state index >= 15 is 0 Å². The predicted molar refractivity (Wildman–Crippen MR) is 54.8 cm³/mol. The molecule has 0 unspecified atom stereocenters. The van der Waals surface area contributed by atoms with Crippen molar-refractivity contribution in [2.75, 3.05) is 0 Å². The Labute approximate surface area is 89.4 Å². The van der Waals surface area contributed by atoms with Gasteiger partial charge in [0, 0.05) is 23.3 Å². The summed E-state index contributed by atoms with van der Waals surface area (Å²) in [5, 5.41) is 2.60. The third-order valence-corrected chi connectivity index (χ3v) is 2.61. The summed E-state index contributed by atoms with van der Waals surface area (Å²) in [4.78, 5) is 19.4. The Hall–Kier alpha value is -1.26. The van der Waals surface area contributed by atoms with Gasteiger partial charge in [0.2, 0.25) is 5.78 Å². The van der Waals surface area contributed by atoms with Crippen molar-refractivity contribution in [2.45, 2.75) is 0 Å². The minimum absolute atomic E-state index is 0.121. The molecule has 0 fully saturated rings. The highest BCUT2D eigenvalue weighted by molar-refractivity contribution is 7.11. The van der Waals surface area contributed by atoms with Gasteiger partial charge in [0.25, 0.3) is 0 Å². The van der Waals surface area contributed by atoms with Gasteiger partial charge >= 0.3 is 0 Å². The zero-order chi connectivity index (χ0) is 9.97. The number of carbonyl (C=O) groups excluding carboxylic acids is 1. The lowest BCUT2D eigenvalue weighted by Gasteiger charge is -1.95. The molecule has 0 bridgehead atoms. The van der Waals surface area contributed by atoms with Gasteiger partial charge in [-0.05, 0) is 12.1 Å². The number of thiazole rings is 1. The fourth-order valence-electron chi connectivity index (χ4n) is 0.969. The fourth-order valence-corrected chi connectivity index (χ4v) is 1.68. The van der Waals surface area contributed by atoms with E-state index in [2.05, 4.69) is 9.97 Å². The number of hydrogen-bond donors (Lipinski definition) is 0. The molecule has 0 aromatic carbocycles. The maximum absolute atomic E-state index is 11.7. The van der Waals surface area contributed by atoms with Crippen LogP contribution >= 0.6 is 22.9 Å². The Morgan fingerprint density at radius 3 is 2.79 bits per heavy atom. The van der Waals surface area contributed by atoms with Crippen LogP contribution in [0, 0.1) is 0 Å². The van der Waals surface area contributed by atoms with Gasteiger partial charge in [-0.2, -0.15) is 0 Å². The standard InChI is InChI=1S/C9H5ClN2OS/c10-7-2-1-6(5-12-7)8(13)9-11-3-4-14-9/h1-5H. The van der Waals surface area contributed by atoms with E-state index in [0.717, 1.165) is 0 Å². The van der Waals surface area contributed by atoms with Gasteiger partial charge in [-0.15, -0.1) is 11.3 Å². The Kier molecular flexibility index (Phi) is 2.56. The summed E-state index contributed by atoms with van der Waals surface area (Å²) in [5.41, 5.74) is 0.504. The monoisotopic (exact) mass is 224 g/mol. The van der Waals surface area contributed by atoms with E-state index in [1.54, 1.807) is 23.7 Å². The van der Waals surface area contributed by atoms with E-state index in [9.17, 15) is 4.79 Å². The van der Waals surface area contributed by atoms with E-state index in [4.69, 9.17) is 11.6 Å². The smallest absolute Gasteiger partial charge is 0.223 e. The van der Waals surface area contributed by atoms with Gasteiger partial charge in [-0.3, -0.25) is 4.79 Å². The SMILES string of the molecule is O=C(c1ccc(Cl)nc1)c1nccs1. The van der Waals surface area contributed by atoms with E-state index in [1.165, 1.54) is 17.5 Å². The highest BCUT2D eigenvalue weighted by Gasteiger charge is 2.11. The minimum atomic E-state index is -0.121. The molecule has 0 N–H and O–H groups in total. The van der Waals surface area contributed by atoms with Gasteiger partial charge in [0.05, 0.1) is 0 Å². The van der Waals surface area contributed by atoms with Crippen molar-refractivity contribution in [1.29, 1.82) is 0 Å². The average molecular weight is 225 g/mol. The lowest BCUT2D eigenvalue weighted by Crippen LogP contribution is -2.00. The number of rotatable bonds is 2. The number of hydrogen-bond acceptors (Lipinski definition) is 4. The van der Waals surface area contributed by atoms with Crippen molar-refractivity contribution in [3.05, 3.63) is 45.6 Å². The molecule has 0 spiro atoms. The Balaban J connectivity index is 2.33. The highest BCUT2D eigenvalue weighted by Crippen LogP contribution is 2.12. The molecule has 3 nitrogen and oxygen atoms in total. The van der Waals surface area contributed by atoms with Crippen molar-refractivity contribution in [3.63, 3.8) is 0 Å². The number of carbonyl (C=O) groups is 1. The van der Waals surface area contributed by atoms with E-state index in [-0.39, 0.29) is 5.78 Å². The summed E-state index contributed by atoms with van der Waals surface area (Å²) >= 11 is 6.91. The van der Waals surface area contributed by atoms with Crippen LogP contribution in [-0.4, -0.2) is 15.8 Å². The number of pyridine rings is 1. The summed E-state index contributed by atoms with van der Waals surface area (Å²) in [7, 11) is 0. The molecule has 5 heteroatoms. The molecule has 0 saturated carbocycles. The van der Waals surface area contributed by atoms with E-state index in [0.29, 0.717) is 15.7 Å². The van der Waals surface area contributed by atoms with Crippen molar-refractivity contribution in [1.82, 2.24) is 9.97 Å². The topological polar surface area (TPSA) is 42.9 Å². The van der Waals surface area contributed by atoms with Crippen molar-refractivity contribution >= 4 is 28.7 Å². The van der Waals surface area contributed by atoms with Gasteiger partial charge in [0.1, 0.15) is 5.15 Å². The lowest BCUT2D eigenvalue weighted by atomic mass is 10.2. The fraction of sp³-hybridized carbons (Fsp3) is 0. The van der Waals surface area contributed by atoms with Crippen LogP contribution in [0.15, 0.2) is 29.9 Å². The maximum atomic E-state index is 11.7. The zero-order valence-corrected chi connectivity index (χ0v) is 8.55. The zero-order valence-electron chi connectivity index (χ0n) is 6.98. The molecule has 0 radical (unpaired) electrons. The normalized spacial score (nSPS) is 10.1. The average Bonchev–Trinajstić information content (AvgIpc) is 2.71. The van der Waals surface area contributed by atoms with Gasteiger partial charge < -0.3 is 0 Å². The van der Waals surface area contributed by atoms with Crippen LogP contribution in [0.4, 0.5) is 0 Å². The molecule has 2 heterocycles. The quantitative estimate of drug-likeness (QED) is 0.581. The minimum Gasteiger partial charge on any atom is -0.286 e. The molecule has 0 atom stereocenters. The lowest BCUT2D eigenvalue weighted by molar-refractivity contribution is 0.103. The summed E-state index contributed by atoms with van der Waals surface area (Å²) < 4.78 is 0. The number of nitrogens with zero attached hydrogens (tertiary/aromatic N) is 2. The van der Waals surface area contributed by atoms with Crippen LogP contribution in [0.25, 0.3) is 0 Å². The van der Waals surface area contributed by atoms with Crippen LogP contribution in [0.5, 0.6) is 0 Å². The number of ketones is 1. The second-order valence-corrected chi connectivity index (χ2v) is 3.82. The third kappa shape index (κ3) is 1.81. The predicted octanol–water partition coefficient (Wildman–Crippen LogP) is 2.42. The molecular weight excluding hydrogens is 220 g/mol. The Morgan fingerprint density at radius 1 is 1.36 bits per heavy atom. The van der Waals surface area contributed by atoms with Gasteiger partial charge in [-0.25, -0.2) is 9.97 Å². The molecule has 14 heavy (non-hydrogen) atoms. The summed E-state index contributed by atoms with van der Waals surface area (Å²) in [5.74, 6) is -0.121. The first-order valence-corrected chi connectivity index (χ1v) is 5.09. The Bertz CT molecular complexity index is 438. The summed E-state index contributed by atoms with van der Waals surface area (Å²) in [6, 6.07) is 3.22. The first kappa shape index (κ1) is 9.30. The van der Waals surface area contributed by atoms with Gasteiger partial charge in [-0.1, -0.05) is 11.6 Å². The second kappa shape index (κ2) is 3.86. The second-order valence-electron chi connectivity index (χ2n) is 2.54. The summed E-state index contributed by atoms with van der Waals surface area (Å²) in [6.07, 6.45) is 3.05. The molecular formula is C9H5ClN2OS. The van der Waals surface area contributed by atoms with Crippen LogP contribution in [0.3, 0.4) is 0 Å². The molecule has 0 aliphatic rings. The molecule has 0 aliphatic heterocycles. The first-order chi connectivity index (χ1) is 6.77. The van der Waals surface area contributed by atoms with E-state index < -0.39 is 0 Å². The summed E-state index contributed by atoms with van der Waals surface area (Å²) in [6.45, 7) is 0. The largest absolute Gasteiger partial charge is 0.286 e. The maximum Gasteiger partial charge on any atom is 0.223 e. The molecule has 2 aromatic rings. The van der Waals surface area contributed by atoms with E-state index in [1.807, 2.05) is 0 Å².